The van der Waals surface area contributed by atoms with Crippen LogP contribution in [0.5, 0.6) is 0 Å². The summed E-state index contributed by atoms with van der Waals surface area (Å²) in [6, 6.07) is 21.8. The fraction of sp³-hybridized carbons (Fsp3) is 0. The molecule has 0 atom stereocenters. The minimum atomic E-state index is -0.246. The number of halogens is 2. The highest BCUT2D eigenvalue weighted by molar-refractivity contribution is 6.35. The molecule has 0 aliphatic heterocycles. The number of hydrogen-bond acceptors (Lipinski definition) is 3. The minimum Gasteiger partial charge on any atom is -0.267 e. The van der Waals surface area contributed by atoms with Gasteiger partial charge in [-0.05, 0) is 35.9 Å². The summed E-state index contributed by atoms with van der Waals surface area (Å²) < 4.78 is 1.30. The molecule has 0 spiro atoms. The predicted molar refractivity (Wildman–Crippen MR) is 111 cm³/mol. The molecule has 4 rings (SSSR count). The van der Waals surface area contributed by atoms with E-state index in [9.17, 15) is 4.79 Å². The molecule has 0 aliphatic rings. The van der Waals surface area contributed by atoms with Gasteiger partial charge in [0.1, 0.15) is 0 Å². The van der Waals surface area contributed by atoms with E-state index in [-0.39, 0.29) is 5.56 Å². The van der Waals surface area contributed by atoms with Crippen molar-refractivity contribution in [1.82, 2.24) is 9.66 Å². The summed E-state index contributed by atoms with van der Waals surface area (Å²) in [7, 11) is 0. The van der Waals surface area contributed by atoms with Gasteiger partial charge in [-0.2, -0.15) is 9.78 Å². The standard InChI is InChI=1S/C21H13Cl2N3O/c22-16-10-14(11-17(23)12-16)13-24-26-20(15-6-2-1-3-7-15)25-19-9-5-4-8-18(19)21(26)27/h1-13H. The highest BCUT2D eigenvalue weighted by Crippen LogP contribution is 2.20. The van der Waals surface area contributed by atoms with E-state index in [0.717, 1.165) is 5.56 Å². The molecule has 0 saturated heterocycles. The number of nitrogens with zero attached hydrogens (tertiary/aromatic N) is 3. The van der Waals surface area contributed by atoms with Crippen molar-refractivity contribution in [3.63, 3.8) is 0 Å². The zero-order chi connectivity index (χ0) is 18.8. The topological polar surface area (TPSA) is 47.2 Å². The summed E-state index contributed by atoms with van der Waals surface area (Å²) in [4.78, 5) is 17.7. The molecule has 0 radical (unpaired) electrons. The van der Waals surface area contributed by atoms with Crippen molar-refractivity contribution in [3.05, 3.63) is 98.8 Å². The van der Waals surface area contributed by atoms with Gasteiger partial charge in [0.15, 0.2) is 5.82 Å². The maximum absolute atomic E-state index is 13.0. The Morgan fingerprint density at radius 1 is 0.889 bits per heavy atom. The normalized spacial score (nSPS) is 11.3. The van der Waals surface area contributed by atoms with E-state index >= 15 is 0 Å². The Labute approximate surface area is 165 Å². The Morgan fingerprint density at radius 2 is 1.56 bits per heavy atom. The number of rotatable bonds is 3. The van der Waals surface area contributed by atoms with Gasteiger partial charge < -0.3 is 0 Å². The average molecular weight is 394 g/mol. The van der Waals surface area contributed by atoms with Gasteiger partial charge >= 0.3 is 0 Å². The van der Waals surface area contributed by atoms with Crippen molar-refractivity contribution in [2.75, 3.05) is 0 Å². The van der Waals surface area contributed by atoms with Crippen molar-refractivity contribution in [2.24, 2.45) is 5.10 Å². The summed E-state index contributed by atoms with van der Waals surface area (Å²) in [5, 5.41) is 5.88. The lowest BCUT2D eigenvalue weighted by Crippen LogP contribution is -2.20. The van der Waals surface area contributed by atoms with Gasteiger partial charge in [-0.1, -0.05) is 65.7 Å². The van der Waals surface area contributed by atoms with Gasteiger partial charge in [-0.3, -0.25) is 4.79 Å². The van der Waals surface area contributed by atoms with E-state index in [1.165, 1.54) is 4.68 Å². The van der Waals surface area contributed by atoms with Crippen molar-refractivity contribution in [2.45, 2.75) is 0 Å². The number of benzene rings is 3. The van der Waals surface area contributed by atoms with Crippen LogP contribution in [-0.4, -0.2) is 15.9 Å². The maximum atomic E-state index is 13.0. The molecule has 0 N–H and O–H groups in total. The lowest BCUT2D eigenvalue weighted by molar-refractivity contribution is 0.830. The molecule has 27 heavy (non-hydrogen) atoms. The Hall–Kier alpha value is -2.95. The number of para-hydroxylation sites is 1. The molecule has 0 amide bonds. The molecule has 1 heterocycles. The molecule has 0 aliphatic carbocycles. The van der Waals surface area contributed by atoms with Crippen LogP contribution in [0.3, 0.4) is 0 Å². The summed E-state index contributed by atoms with van der Waals surface area (Å²) in [6.07, 6.45) is 1.54. The fourth-order valence-corrected chi connectivity index (χ4v) is 3.32. The van der Waals surface area contributed by atoms with Crippen LogP contribution in [0, 0.1) is 0 Å². The van der Waals surface area contributed by atoms with Crippen LogP contribution in [0.2, 0.25) is 10.0 Å². The molecular formula is C21H13Cl2N3O. The first-order valence-corrected chi connectivity index (χ1v) is 8.95. The Bertz CT molecular complexity index is 1200. The van der Waals surface area contributed by atoms with Crippen molar-refractivity contribution in [1.29, 1.82) is 0 Å². The van der Waals surface area contributed by atoms with Crippen LogP contribution in [-0.2, 0) is 0 Å². The summed E-state index contributed by atoms with van der Waals surface area (Å²) in [5.74, 6) is 0.462. The highest BCUT2D eigenvalue weighted by atomic mass is 35.5. The SMILES string of the molecule is O=c1c2ccccc2nc(-c2ccccc2)n1N=Cc1cc(Cl)cc(Cl)c1. The van der Waals surface area contributed by atoms with Crippen molar-refractivity contribution >= 4 is 40.3 Å². The van der Waals surface area contributed by atoms with Crippen LogP contribution in [0.25, 0.3) is 22.3 Å². The third-order valence-electron chi connectivity index (χ3n) is 3.99. The molecule has 0 unspecified atom stereocenters. The fourth-order valence-electron chi connectivity index (χ4n) is 2.78. The molecule has 0 fully saturated rings. The molecule has 6 heteroatoms. The zero-order valence-electron chi connectivity index (χ0n) is 14.0. The van der Waals surface area contributed by atoms with Gasteiger partial charge in [-0.15, -0.1) is 0 Å². The Kier molecular flexibility index (Phi) is 4.75. The van der Waals surface area contributed by atoms with Crippen molar-refractivity contribution in [3.8, 4) is 11.4 Å². The van der Waals surface area contributed by atoms with Gasteiger partial charge in [0.2, 0.25) is 0 Å². The average Bonchev–Trinajstić information content (AvgIpc) is 2.67. The lowest BCUT2D eigenvalue weighted by Gasteiger charge is -2.09. The lowest BCUT2D eigenvalue weighted by atomic mass is 10.2. The second-order valence-electron chi connectivity index (χ2n) is 5.88. The van der Waals surface area contributed by atoms with Gasteiger partial charge in [-0.25, -0.2) is 4.98 Å². The van der Waals surface area contributed by atoms with Gasteiger partial charge in [0.25, 0.3) is 5.56 Å². The zero-order valence-corrected chi connectivity index (χ0v) is 15.5. The number of fused-ring (bicyclic) bond motifs is 1. The van der Waals surface area contributed by atoms with Crippen LogP contribution >= 0.6 is 23.2 Å². The monoisotopic (exact) mass is 393 g/mol. The van der Waals surface area contributed by atoms with E-state index in [4.69, 9.17) is 23.2 Å². The van der Waals surface area contributed by atoms with Crippen molar-refractivity contribution < 1.29 is 0 Å². The molecule has 0 bridgehead atoms. The smallest absolute Gasteiger partial charge is 0.267 e. The Balaban J connectivity index is 1.94. The molecular weight excluding hydrogens is 381 g/mol. The molecule has 0 saturated carbocycles. The van der Waals surface area contributed by atoms with Crippen LogP contribution in [0.15, 0.2) is 82.7 Å². The third kappa shape index (κ3) is 3.63. The second kappa shape index (κ2) is 7.35. The van der Waals surface area contributed by atoms with E-state index in [2.05, 4.69) is 10.1 Å². The first kappa shape index (κ1) is 17.5. The summed E-state index contributed by atoms with van der Waals surface area (Å²) in [5.41, 5.74) is 1.86. The largest absolute Gasteiger partial charge is 0.282 e. The van der Waals surface area contributed by atoms with Crippen LogP contribution < -0.4 is 5.56 Å². The second-order valence-corrected chi connectivity index (χ2v) is 6.76. The van der Waals surface area contributed by atoms with E-state index in [1.807, 2.05) is 42.5 Å². The first-order chi connectivity index (χ1) is 13.1. The maximum Gasteiger partial charge on any atom is 0.282 e. The first-order valence-electron chi connectivity index (χ1n) is 8.19. The molecule has 4 nitrogen and oxygen atoms in total. The highest BCUT2D eigenvalue weighted by Gasteiger charge is 2.11. The van der Waals surface area contributed by atoms with Gasteiger partial charge in [0, 0.05) is 15.6 Å². The minimum absolute atomic E-state index is 0.246. The van der Waals surface area contributed by atoms with E-state index in [1.54, 1.807) is 36.5 Å². The summed E-state index contributed by atoms with van der Waals surface area (Å²) >= 11 is 12.1. The van der Waals surface area contributed by atoms with Gasteiger partial charge in [0.05, 0.1) is 17.1 Å². The van der Waals surface area contributed by atoms with E-state index in [0.29, 0.717) is 32.3 Å². The van der Waals surface area contributed by atoms with Crippen LogP contribution in [0.4, 0.5) is 0 Å². The van der Waals surface area contributed by atoms with Crippen LogP contribution in [0.1, 0.15) is 5.56 Å². The van der Waals surface area contributed by atoms with E-state index < -0.39 is 0 Å². The molecule has 4 aromatic rings. The summed E-state index contributed by atoms with van der Waals surface area (Å²) in [6.45, 7) is 0. The number of hydrogen-bond donors (Lipinski definition) is 0. The third-order valence-corrected chi connectivity index (χ3v) is 4.43. The molecule has 1 aromatic heterocycles. The predicted octanol–water partition coefficient (Wildman–Crippen LogP) is 5.25. The Morgan fingerprint density at radius 3 is 2.30 bits per heavy atom. The quantitative estimate of drug-likeness (QED) is 0.446. The molecule has 3 aromatic carbocycles. The molecule has 132 valence electrons. The number of aromatic nitrogens is 2.